The van der Waals surface area contributed by atoms with Crippen LogP contribution in [0.1, 0.15) is 52.2 Å². The van der Waals surface area contributed by atoms with Crippen LogP contribution in [0.25, 0.3) is 21.5 Å². The lowest BCUT2D eigenvalue weighted by atomic mass is 9.93. The fraction of sp³-hybridized carbons (Fsp3) is 0.393. The Labute approximate surface area is 204 Å². The van der Waals surface area contributed by atoms with Crippen molar-refractivity contribution in [3.8, 4) is 0 Å². The molecule has 0 N–H and O–H groups in total. The van der Waals surface area contributed by atoms with Gasteiger partial charge in [-0.15, -0.1) is 0 Å². The van der Waals surface area contributed by atoms with E-state index < -0.39 is 35.8 Å². The van der Waals surface area contributed by atoms with Gasteiger partial charge in [-0.1, -0.05) is 48.5 Å². The zero-order valence-corrected chi connectivity index (χ0v) is 20.6. The molecule has 184 valence electrons. The summed E-state index contributed by atoms with van der Waals surface area (Å²) in [5.74, 6) is -1.30. The van der Waals surface area contributed by atoms with Crippen LogP contribution >= 0.6 is 0 Å². The minimum absolute atomic E-state index is 0.142. The third kappa shape index (κ3) is 5.24. The molecule has 0 saturated carbocycles. The summed E-state index contributed by atoms with van der Waals surface area (Å²) in [5, 5.41) is 3.44. The highest BCUT2D eigenvalue weighted by Crippen LogP contribution is 2.36. The molecule has 2 atom stereocenters. The number of hydrogen-bond donors (Lipinski definition) is 0. The lowest BCUT2D eigenvalue weighted by Gasteiger charge is -2.28. The summed E-state index contributed by atoms with van der Waals surface area (Å²) < 4.78 is 16.7. The quantitative estimate of drug-likeness (QED) is 0.273. The van der Waals surface area contributed by atoms with Crippen molar-refractivity contribution in [2.24, 2.45) is 0 Å². The van der Waals surface area contributed by atoms with E-state index in [1.54, 1.807) is 27.7 Å². The number of benzene rings is 3. The molecule has 4 rings (SSSR count). The average Bonchev–Trinajstić information content (AvgIpc) is 3.31. The van der Waals surface area contributed by atoms with Crippen LogP contribution in [0.3, 0.4) is 0 Å². The van der Waals surface area contributed by atoms with Crippen molar-refractivity contribution in [1.29, 1.82) is 0 Å². The number of carbonyl (C=O) groups is 3. The van der Waals surface area contributed by atoms with E-state index in [2.05, 4.69) is 0 Å². The molecule has 3 aromatic rings. The molecule has 1 fully saturated rings. The Morgan fingerprint density at radius 2 is 1.60 bits per heavy atom. The average molecular weight is 478 g/mol. The fourth-order valence-corrected chi connectivity index (χ4v) is 4.52. The minimum atomic E-state index is -1.28. The summed E-state index contributed by atoms with van der Waals surface area (Å²) in [5.41, 5.74) is -0.115. The van der Waals surface area contributed by atoms with Gasteiger partial charge in [0.2, 0.25) is 6.10 Å². The number of ether oxygens (including phenoxy) is 3. The third-order valence-corrected chi connectivity index (χ3v) is 5.96. The Morgan fingerprint density at radius 1 is 1.00 bits per heavy atom. The monoisotopic (exact) mass is 477 g/mol. The summed E-state index contributed by atoms with van der Waals surface area (Å²) >= 11 is 0. The lowest BCUT2D eigenvalue weighted by Crippen LogP contribution is -2.44. The second-order valence-electron chi connectivity index (χ2n) is 9.63. The number of likely N-dealkylation sites (tertiary alicyclic amines) is 1. The van der Waals surface area contributed by atoms with Gasteiger partial charge in [-0.3, -0.25) is 4.90 Å². The maximum absolute atomic E-state index is 13.4. The molecule has 0 spiro atoms. The van der Waals surface area contributed by atoms with Gasteiger partial charge in [0.1, 0.15) is 11.6 Å². The van der Waals surface area contributed by atoms with Crippen LogP contribution in [0.5, 0.6) is 0 Å². The molecular formula is C28H31NO6. The van der Waals surface area contributed by atoms with Crippen molar-refractivity contribution in [2.45, 2.75) is 58.3 Å². The Balaban J connectivity index is 1.74. The van der Waals surface area contributed by atoms with Crippen LogP contribution in [0.2, 0.25) is 0 Å². The largest absolute Gasteiger partial charge is 0.463 e. The normalized spacial score (nSPS) is 16.8. The highest BCUT2D eigenvalue weighted by molar-refractivity contribution is 6.05. The van der Waals surface area contributed by atoms with Crippen LogP contribution in [0, 0.1) is 0 Å². The molecule has 3 aromatic carbocycles. The van der Waals surface area contributed by atoms with Gasteiger partial charge in [0, 0.05) is 12.1 Å². The summed E-state index contributed by atoms with van der Waals surface area (Å²) in [6, 6.07) is 16.5. The molecule has 0 unspecified atom stereocenters. The van der Waals surface area contributed by atoms with Crippen LogP contribution < -0.4 is 0 Å². The number of fused-ring (bicyclic) bond motifs is 2. The Hall–Kier alpha value is -3.61. The molecule has 0 bridgehead atoms. The van der Waals surface area contributed by atoms with Gasteiger partial charge in [0.25, 0.3) is 0 Å². The van der Waals surface area contributed by atoms with Crippen LogP contribution in [0.15, 0.2) is 54.6 Å². The van der Waals surface area contributed by atoms with Crippen molar-refractivity contribution in [3.05, 3.63) is 60.2 Å². The van der Waals surface area contributed by atoms with Crippen molar-refractivity contribution >= 4 is 39.6 Å². The smallest absolute Gasteiger partial charge is 0.411 e. The molecule has 1 aliphatic rings. The molecular weight excluding hydrogens is 446 g/mol. The topological polar surface area (TPSA) is 82.1 Å². The first-order valence-corrected chi connectivity index (χ1v) is 12.0. The number of esters is 2. The molecule has 7 nitrogen and oxygen atoms in total. The first-order chi connectivity index (χ1) is 16.7. The van der Waals surface area contributed by atoms with Gasteiger partial charge >= 0.3 is 18.0 Å². The third-order valence-electron chi connectivity index (χ3n) is 5.96. The first-order valence-electron chi connectivity index (χ1n) is 12.0. The van der Waals surface area contributed by atoms with Crippen LogP contribution in [0.4, 0.5) is 4.79 Å². The molecule has 0 aromatic heterocycles. The van der Waals surface area contributed by atoms with Gasteiger partial charge in [-0.25, -0.2) is 14.4 Å². The molecule has 35 heavy (non-hydrogen) atoms. The van der Waals surface area contributed by atoms with Gasteiger partial charge in [0.15, 0.2) is 0 Å². The van der Waals surface area contributed by atoms with E-state index >= 15 is 0 Å². The Morgan fingerprint density at radius 3 is 2.17 bits per heavy atom. The second kappa shape index (κ2) is 9.94. The summed E-state index contributed by atoms with van der Waals surface area (Å²) in [4.78, 5) is 40.7. The van der Waals surface area contributed by atoms with Crippen LogP contribution in [-0.4, -0.2) is 47.7 Å². The van der Waals surface area contributed by atoms with Gasteiger partial charge in [-0.05, 0) is 68.1 Å². The van der Waals surface area contributed by atoms with E-state index in [0.29, 0.717) is 24.9 Å². The van der Waals surface area contributed by atoms with E-state index in [1.807, 2.05) is 54.6 Å². The van der Waals surface area contributed by atoms with Crippen molar-refractivity contribution in [1.82, 2.24) is 4.90 Å². The maximum atomic E-state index is 13.4. The number of carbonyl (C=O) groups excluding carboxylic acids is 3. The molecule has 1 heterocycles. The molecule has 1 aliphatic heterocycles. The van der Waals surface area contributed by atoms with E-state index in [1.165, 1.54) is 4.90 Å². The van der Waals surface area contributed by atoms with Crippen molar-refractivity contribution in [3.63, 3.8) is 0 Å². The van der Waals surface area contributed by atoms with Gasteiger partial charge in [-0.2, -0.15) is 0 Å². The molecule has 1 saturated heterocycles. The maximum Gasteiger partial charge on any atom is 0.411 e. The van der Waals surface area contributed by atoms with E-state index in [0.717, 1.165) is 21.5 Å². The first kappa shape index (κ1) is 24.5. The SMILES string of the molecule is CCOC(=O)[C@H](OC(=O)[C@@H]1CCCN1C(=O)OC(C)(C)C)c1c2ccccc2cc2ccccc12. The van der Waals surface area contributed by atoms with E-state index in [4.69, 9.17) is 14.2 Å². The lowest BCUT2D eigenvalue weighted by molar-refractivity contribution is -0.170. The second-order valence-corrected chi connectivity index (χ2v) is 9.63. The number of nitrogens with zero attached hydrogens (tertiary/aromatic N) is 1. The highest BCUT2D eigenvalue weighted by Gasteiger charge is 2.40. The standard InChI is InChI=1S/C28H31NO6/c1-5-33-26(31)24(34-25(30)22-15-10-16-29(22)27(32)35-28(2,3)4)23-20-13-8-6-11-18(20)17-19-12-7-9-14-21(19)23/h6-9,11-14,17,22,24H,5,10,15-16H2,1-4H3/t22-,24+/m0/s1. The predicted octanol–water partition coefficient (Wildman–Crippen LogP) is 5.54. The number of rotatable bonds is 5. The predicted molar refractivity (Wildman–Crippen MR) is 133 cm³/mol. The zero-order valence-electron chi connectivity index (χ0n) is 20.6. The summed E-state index contributed by atoms with van der Waals surface area (Å²) in [7, 11) is 0. The minimum Gasteiger partial charge on any atom is -0.463 e. The van der Waals surface area contributed by atoms with Gasteiger partial charge in [0.05, 0.1) is 6.61 Å². The Bertz CT molecular complexity index is 1210. The highest BCUT2D eigenvalue weighted by atomic mass is 16.6. The van der Waals surface area contributed by atoms with Crippen molar-refractivity contribution < 1.29 is 28.6 Å². The number of hydrogen-bond acceptors (Lipinski definition) is 6. The van der Waals surface area contributed by atoms with E-state index in [-0.39, 0.29) is 6.61 Å². The summed E-state index contributed by atoms with van der Waals surface area (Å²) in [6.45, 7) is 7.56. The molecule has 7 heteroatoms. The molecule has 1 amide bonds. The zero-order chi connectivity index (χ0) is 25.2. The Kier molecular flexibility index (Phi) is 6.96. The van der Waals surface area contributed by atoms with E-state index in [9.17, 15) is 14.4 Å². The fourth-order valence-electron chi connectivity index (χ4n) is 4.52. The number of amides is 1. The van der Waals surface area contributed by atoms with Crippen LogP contribution in [-0.2, 0) is 23.8 Å². The summed E-state index contributed by atoms with van der Waals surface area (Å²) in [6.07, 6.45) is -0.774. The van der Waals surface area contributed by atoms with Crippen molar-refractivity contribution in [2.75, 3.05) is 13.2 Å². The van der Waals surface area contributed by atoms with Gasteiger partial charge < -0.3 is 14.2 Å². The molecule has 0 aliphatic carbocycles. The molecule has 0 radical (unpaired) electrons.